The number of hydrogen-bond donors (Lipinski definition) is 3. The van der Waals surface area contributed by atoms with E-state index in [1.807, 2.05) is 23.6 Å². The van der Waals surface area contributed by atoms with E-state index in [9.17, 15) is 14.4 Å². The Hall–Kier alpha value is -3.08. The van der Waals surface area contributed by atoms with Crippen molar-refractivity contribution in [1.29, 1.82) is 0 Å². The van der Waals surface area contributed by atoms with Crippen molar-refractivity contribution in [1.82, 2.24) is 19.6 Å². The minimum absolute atomic E-state index is 0.0692. The Balaban J connectivity index is 1.46. The molecule has 3 heterocycles. The van der Waals surface area contributed by atoms with Gasteiger partial charge in [0.1, 0.15) is 5.76 Å². The number of aromatic amines is 2. The molecule has 4 rings (SSSR count). The van der Waals surface area contributed by atoms with Crippen molar-refractivity contribution in [3.05, 3.63) is 85.6 Å². The Morgan fingerprint density at radius 2 is 2.06 bits per heavy atom. The van der Waals surface area contributed by atoms with Gasteiger partial charge < -0.3 is 14.3 Å². The number of nitrogens with one attached hydrogen (secondary N) is 3. The molecular weight excluding hydrogens is 436 g/mol. The normalized spacial score (nSPS) is 12.2. The molecule has 0 fully saturated rings. The summed E-state index contributed by atoms with van der Waals surface area (Å²) in [6.07, 6.45) is 1.59. The molecule has 31 heavy (non-hydrogen) atoms. The molecule has 0 saturated heterocycles. The Labute approximate surface area is 185 Å². The van der Waals surface area contributed by atoms with Crippen LogP contribution >= 0.6 is 23.3 Å². The zero-order chi connectivity index (χ0) is 21.8. The van der Waals surface area contributed by atoms with E-state index < -0.39 is 17.3 Å². The lowest BCUT2D eigenvalue weighted by Gasteiger charge is -2.25. The Morgan fingerprint density at radius 3 is 2.81 bits per heavy atom. The maximum atomic E-state index is 13.1. The van der Waals surface area contributed by atoms with Gasteiger partial charge in [-0.2, -0.15) is 0 Å². The highest BCUT2D eigenvalue weighted by atomic mass is 32.2. The van der Waals surface area contributed by atoms with Crippen molar-refractivity contribution in [2.24, 2.45) is 0 Å². The number of benzene rings is 1. The second-order valence-corrected chi connectivity index (χ2v) is 8.85. The van der Waals surface area contributed by atoms with Crippen LogP contribution in [0, 0.1) is 0 Å². The highest BCUT2D eigenvalue weighted by Gasteiger charge is 2.22. The minimum Gasteiger partial charge on any atom is -0.467 e. The van der Waals surface area contributed by atoms with Crippen molar-refractivity contribution < 1.29 is 9.21 Å². The molecule has 0 unspecified atom stereocenters. The second-order valence-electron chi connectivity index (χ2n) is 6.91. The van der Waals surface area contributed by atoms with E-state index in [1.54, 1.807) is 53.7 Å². The monoisotopic (exact) mass is 456 g/mol. The van der Waals surface area contributed by atoms with Gasteiger partial charge in [0, 0.05) is 9.77 Å². The van der Waals surface area contributed by atoms with Crippen molar-refractivity contribution >= 4 is 40.1 Å². The highest BCUT2D eigenvalue weighted by molar-refractivity contribution is 7.97. The predicted octanol–water partition coefficient (Wildman–Crippen LogP) is 3.09. The number of rotatable bonds is 8. The average molecular weight is 457 g/mol. The number of H-pyrrole nitrogens is 2. The van der Waals surface area contributed by atoms with E-state index in [-0.39, 0.29) is 5.91 Å². The predicted molar refractivity (Wildman–Crippen MR) is 121 cm³/mol. The van der Waals surface area contributed by atoms with Crippen molar-refractivity contribution in [2.45, 2.75) is 31.0 Å². The summed E-state index contributed by atoms with van der Waals surface area (Å²) in [7, 11) is 0. The van der Waals surface area contributed by atoms with Gasteiger partial charge in [-0.1, -0.05) is 6.07 Å². The lowest BCUT2D eigenvalue weighted by molar-refractivity contribution is -0.134. The van der Waals surface area contributed by atoms with Gasteiger partial charge in [-0.05, 0) is 60.6 Å². The molecule has 3 aromatic heterocycles. The van der Waals surface area contributed by atoms with Crippen molar-refractivity contribution in [3.8, 4) is 0 Å². The number of furan rings is 1. The van der Waals surface area contributed by atoms with Gasteiger partial charge >= 0.3 is 5.69 Å². The fraction of sp³-hybridized carbons (Fsp3) is 0.190. The molecule has 160 valence electrons. The quantitative estimate of drug-likeness (QED) is 0.352. The van der Waals surface area contributed by atoms with Gasteiger partial charge in [-0.3, -0.25) is 14.6 Å². The number of hydrogen-bond acceptors (Lipinski definition) is 7. The number of fused-ring (bicyclic) bond motifs is 1. The van der Waals surface area contributed by atoms with Crippen LogP contribution in [0.15, 0.2) is 73.0 Å². The zero-order valence-electron chi connectivity index (χ0n) is 16.6. The number of carbonyl (C=O) groups excluding carboxylic acids is 1. The van der Waals surface area contributed by atoms with Gasteiger partial charge in [0.2, 0.25) is 5.91 Å². The maximum Gasteiger partial charge on any atom is 0.326 e. The first-order chi connectivity index (χ1) is 15.0. The standard InChI is InChI=1S/C21H20N4O4S2/c1-13(24-31-15-6-7-18-17(10-15)19(26)23-21(28)22-18)20(27)25(11-14-4-2-8-29-14)12-16-5-3-9-30-16/h2-10,13,24H,11-12H2,1H3,(H2,22,23,26,28)/t13-/m0/s1. The molecule has 0 aliphatic rings. The third-order valence-corrected chi connectivity index (χ3v) is 6.42. The Bertz CT molecular complexity index is 1240. The summed E-state index contributed by atoms with van der Waals surface area (Å²) in [6, 6.07) is 12.2. The first-order valence-electron chi connectivity index (χ1n) is 9.52. The van der Waals surface area contributed by atoms with Gasteiger partial charge in [0.25, 0.3) is 5.56 Å². The SMILES string of the molecule is C[C@H](NSc1ccc2[nH]c(=O)[nH]c(=O)c2c1)C(=O)N(Cc1ccco1)Cc1cccs1. The Morgan fingerprint density at radius 1 is 1.19 bits per heavy atom. The van der Waals surface area contributed by atoms with E-state index in [1.165, 1.54) is 11.9 Å². The van der Waals surface area contributed by atoms with E-state index >= 15 is 0 Å². The molecule has 3 N–H and O–H groups in total. The van der Waals surface area contributed by atoms with Crippen molar-refractivity contribution in [3.63, 3.8) is 0 Å². The summed E-state index contributed by atoms with van der Waals surface area (Å²) >= 11 is 2.85. The van der Waals surface area contributed by atoms with E-state index in [2.05, 4.69) is 14.7 Å². The molecule has 8 nitrogen and oxygen atoms in total. The van der Waals surface area contributed by atoms with Gasteiger partial charge in [-0.25, -0.2) is 9.52 Å². The number of amides is 1. The minimum atomic E-state index is -0.544. The number of aromatic nitrogens is 2. The lowest BCUT2D eigenvalue weighted by Crippen LogP contribution is -2.41. The molecule has 0 aliphatic heterocycles. The van der Waals surface area contributed by atoms with E-state index in [0.29, 0.717) is 29.8 Å². The molecule has 0 spiro atoms. The fourth-order valence-corrected chi connectivity index (χ4v) is 4.53. The first kappa shape index (κ1) is 21.2. The summed E-state index contributed by atoms with van der Waals surface area (Å²) in [6.45, 7) is 2.66. The largest absolute Gasteiger partial charge is 0.467 e. The van der Waals surface area contributed by atoms with Gasteiger partial charge in [0.05, 0.1) is 36.3 Å². The van der Waals surface area contributed by atoms with Crippen LogP contribution in [0.5, 0.6) is 0 Å². The van der Waals surface area contributed by atoms with E-state index in [4.69, 9.17) is 4.42 Å². The molecule has 1 aromatic carbocycles. The summed E-state index contributed by atoms with van der Waals surface area (Å²) in [4.78, 5) is 44.9. The molecule has 0 aliphatic carbocycles. The topological polar surface area (TPSA) is 111 Å². The highest BCUT2D eigenvalue weighted by Crippen LogP contribution is 2.20. The first-order valence-corrected chi connectivity index (χ1v) is 11.2. The molecule has 4 aromatic rings. The van der Waals surface area contributed by atoms with Crippen LogP contribution in [0.4, 0.5) is 0 Å². The van der Waals surface area contributed by atoms with Gasteiger partial charge in [-0.15, -0.1) is 11.3 Å². The zero-order valence-corrected chi connectivity index (χ0v) is 18.2. The number of carbonyl (C=O) groups is 1. The molecular formula is C21H20N4O4S2. The molecule has 0 radical (unpaired) electrons. The summed E-state index contributed by atoms with van der Waals surface area (Å²) < 4.78 is 8.58. The fourth-order valence-electron chi connectivity index (χ4n) is 3.08. The second kappa shape index (κ2) is 9.38. The number of thiophene rings is 1. The van der Waals surface area contributed by atoms with Crippen LogP contribution in [0.3, 0.4) is 0 Å². The van der Waals surface area contributed by atoms with Crippen LogP contribution < -0.4 is 16.0 Å². The summed E-state index contributed by atoms with van der Waals surface area (Å²) in [5.74, 6) is 0.646. The third kappa shape index (κ3) is 5.16. The third-order valence-electron chi connectivity index (χ3n) is 4.60. The Kier molecular flexibility index (Phi) is 6.40. The maximum absolute atomic E-state index is 13.1. The van der Waals surface area contributed by atoms with Gasteiger partial charge in [0.15, 0.2) is 0 Å². The van der Waals surface area contributed by atoms with Crippen LogP contribution in [0.1, 0.15) is 17.6 Å². The lowest BCUT2D eigenvalue weighted by atomic mass is 10.2. The molecule has 0 bridgehead atoms. The molecule has 1 atom stereocenters. The summed E-state index contributed by atoms with van der Waals surface area (Å²) in [5.41, 5.74) is -0.536. The van der Waals surface area contributed by atoms with E-state index in [0.717, 1.165) is 9.77 Å². The molecule has 0 saturated carbocycles. The van der Waals surface area contributed by atoms with Crippen molar-refractivity contribution in [2.75, 3.05) is 0 Å². The number of nitrogens with zero attached hydrogens (tertiary/aromatic N) is 1. The van der Waals surface area contributed by atoms with Crippen LogP contribution in [-0.2, 0) is 17.9 Å². The summed E-state index contributed by atoms with van der Waals surface area (Å²) in [5, 5.41) is 2.36. The molecule has 1 amide bonds. The molecule has 10 heteroatoms. The van der Waals surface area contributed by atoms with Crippen LogP contribution in [-0.4, -0.2) is 26.8 Å². The average Bonchev–Trinajstić information content (AvgIpc) is 3.45. The smallest absolute Gasteiger partial charge is 0.326 e. The van der Waals surface area contributed by atoms with Crippen LogP contribution in [0.25, 0.3) is 10.9 Å². The van der Waals surface area contributed by atoms with Crippen LogP contribution in [0.2, 0.25) is 0 Å².